The van der Waals surface area contributed by atoms with Gasteiger partial charge < -0.3 is 42.7 Å². The van der Waals surface area contributed by atoms with Crippen LogP contribution in [-0.4, -0.2) is 75.1 Å². The van der Waals surface area contributed by atoms with Gasteiger partial charge in [0.05, 0.1) is 12.5 Å². The molecule has 0 aliphatic carbocycles. The highest BCUT2D eigenvalue weighted by Gasteiger charge is 2.32. The molecule has 10 N–H and O–H groups in total. The predicted molar refractivity (Wildman–Crippen MR) is 133 cm³/mol. The minimum atomic E-state index is -1.62. The van der Waals surface area contributed by atoms with Crippen LogP contribution in [0.3, 0.4) is 0 Å². The van der Waals surface area contributed by atoms with E-state index < -0.39 is 79.0 Å². The van der Waals surface area contributed by atoms with Gasteiger partial charge in [-0.15, -0.1) is 0 Å². The van der Waals surface area contributed by atoms with Crippen LogP contribution in [0.1, 0.15) is 45.1 Å². The number of carboxylic acid groups (broad SMARTS) is 2. The third kappa shape index (κ3) is 10.8. The molecule has 0 aliphatic rings. The zero-order valence-corrected chi connectivity index (χ0v) is 21.2. The van der Waals surface area contributed by atoms with E-state index in [0.717, 1.165) is 0 Å². The Bertz CT molecular complexity index is 1020. The average Bonchev–Trinajstić information content (AvgIpc) is 2.85. The number of carboxylic acids is 2. The van der Waals surface area contributed by atoms with Crippen molar-refractivity contribution in [3.8, 4) is 5.75 Å². The fourth-order valence-corrected chi connectivity index (χ4v) is 3.34. The summed E-state index contributed by atoms with van der Waals surface area (Å²) < 4.78 is 0. The molecule has 210 valence electrons. The van der Waals surface area contributed by atoms with E-state index in [9.17, 15) is 39.0 Å². The molecule has 0 saturated carbocycles. The van der Waals surface area contributed by atoms with Crippen molar-refractivity contribution in [3.05, 3.63) is 29.8 Å². The van der Waals surface area contributed by atoms with Crippen LogP contribution < -0.4 is 27.4 Å². The first kappa shape index (κ1) is 31.8. The van der Waals surface area contributed by atoms with Gasteiger partial charge in [-0.1, -0.05) is 32.4 Å². The van der Waals surface area contributed by atoms with Crippen molar-refractivity contribution < 1.29 is 44.1 Å². The van der Waals surface area contributed by atoms with Crippen LogP contribution in [0.15, 0.2) is 24.3 Å². The van der Waals surface area contributed by atoms with Crippen LogP contribution in [0.25, 0.3) is 0 Å². The van der Waals surface area contributed by atoms with Crippen LogP contribution in [0, 0.1) is 5.92 Å². The van der Waals surface area contributed by atoms with Crippen molar-refractivity contribution in [1.29, 1.82) is 0 Å². The number of amides is 4. The summed E-state index contributed by atoms with van der Waals surface area (Å²) >= 11 is 0. The van der Waals surface area contributed by atoms with Gasteiger partial charge in [0.2, 0.25) is 23.6 Å². The highest BCUT2D eigenvalue weighted by atomic mass is 16.4. The van der Waals surface area contributed by atoms with Gasteiger partial charge in [0.15, 0.2) is 0 Å². The van der Waals surface area contributed by atoms with E-state index in [0.29, 0.717) is 12.0 Å². The van der Waals surface area contributed by atoms with E-state index in [1.54, 1.807) is 6.92 Å². The van der Waals surface area contributed by atoms with E-state index in [-0.39, 0.29) is 18.1 Å². The molecule has 1 aromatic carbocycles. The quantitative estimate of drug-likeness (QED) is 0.122. The predicted octanol–water partition coefficient (Wildman–Crippen LogP) is -1.41. The Morgan fingerprint density at radius 2 is 1.39 bits per heavy atom. The van der Waals surface area contributed by atoms with E-state index >= 15 is 0 Å². The monoisotopic (exact) mass is 537 g/mol. The number of rotatable bonds is 16. The molecule has 14 heteroatoms. The molecule has 4 amide bonds. The van der Waals surface area contributed by atoms with E-state index in [1.165, 1.54) is 24.3 Å². The summed E-state index contributed by atoms with van der Waals surface area (Å²) in [4.78, 5) is 72.5. The highest BCUT2D eigenvalue weighted by molar-refractivity contribution is 5.96. The number of phenolic OH excluding ortho intramolecular Hbond substituents is 1. The van der Waals surface area contributed by atoms with Crippen LogP contribution in [-0.2, 0) is 35.2 Å². The molecule has 1 rings (SSSR count). The molecular weight excluding hydrogens is 502 g/mol. The second-order valence-electron chi connectivity index (χ2n) is 8.91. The van der Waals surface area contributed by atoms with Crippen LogP contribution in [0.5, 0.6) is 5.75 Å². The third-order valence-corrected chi connectivity index (χ3v) is 5.87. The van der Waals surface area contributed by atoms with Crippen LogP contribution in [0.4, 0.5) is 0 Å². The molecule has 0 bridgehead atoms. The summed E-state index contributed by atoms with van der Waals surface area (Å²) in [6, 6.07) is 0.361. The number of hydrogen-bond acceptors (Lipinski definition) is 8. The zero-order valence-electron chi connectivity index (χ0n) is 21.2. The Morgan fingerprint density at radius 1 is 0.868 bits per heavy atom. The number of hydrogen-bond donors (Lipinski definition) is 8. The molecule has 1 aromatic rings. The van der Waals surface area contributed by atoms with Crippen molar-refractivity contribution in [3.63, 3.8) is 0 Å². The first-order chi connectivity index (χ1) is 17.7. The number of primary amides is 1. The summed E-state index contributed by atoms with van der Waals surface area (Å²) in [6.07, 6.45) is -1.18. The fourth-order valence-electron chi connectivity index (χ4n) is 3.34. The number of aliphatic carboxylic acids is 2. The minimum absolute atomic E-state index is 0.0216. The number of carbonyl (C=O) groups is 6. The number of nitrogens with two attached hydrogens (primary N) is 2. The third-order valence-electron chi connectivity index (χ3n) is 5.87. The largest absolute Gasteiger partial charge is 0.508 e. The molecule has 0 aromatic heterocycles. The lowest BCUT2D eigenvalue weighted by Gasteiger charge is -2.26. The Morgan fingerprint density at radius 3 is 1.89 bits per heavy atom. The van der Waals surface area contributed by atoms with Gasteiger partial charge in [0, 0.05) is 12.8 Å². The minimum Gasteiger partial charge on any atom is -0.508 e. The fraction of sp³-hybridized carbons (Fsp3) is 0.500. The topological polar surface area (TPSA) is 251 Å². The maximum atomic E-state index is 13.2. The molecule has 5 atom stereocenters. The lowest BCUT2D eigenvalue weighted by molar-refractivity contribution is -0.143. The maximum Gasteiger partial charge on any atom is 0.326 e. The van der Waals surface area contributed by atoms with Gasteiger partial charge in [0.25, 0.3) is 0 Å². The maximum absolute atomic E-state index is 13.2. The van der Waals surface area contributed by atoms with Gasteiger partial charge >= 0.3 is 11.9 Å². The first-order valence-corrected chi connectivity index (χ1v) is 11.9. The smallest absolute Gasteiger partial charge is 0.326 e. The molecule has 0 spiro atoms. The van der Waals surface area contributed by atoms with Crippen LogP contribution >= 0.6 is 0 Å². The SMILES string of the molecule is CCC(C)C(N)C(=O)NC(Cc1ccc(O)cc1)C(=O)NC(CC(N)=O)C(=O)NC(CCC(=O)O)C(=O)O. The van der Waals surface area contributed by atoms with Crippen molar-refractivity contribution in [2.24, 2.45) is 17.4 Å². The Balaban J connectivity index is 3.16. The van der Waals surface area contributed by atoms with Crippen molar-refractivity contribution in [1.82, 2.24) is 16.0 Å². The Kier molecular flexibility index (Phi) is 12.7. The Hall–Kier alpha value is -4.20. The average molecular weight is 538 g/mol. The van der Waals surface area contributed by atoms with Crippen molar-refractivity contribution >= 4 is 35.6 Å². The van der Waals surface area contributed by atoms with Gasteiger partial charge in [-0.2, -0.15) is 0 Å². The number of phenols is 1. The normalized spacial score (nSPS) is 14.7. The molecule has 0 saturated heterocycles. The second-order valence-corrected chi connectivity index (χ2v) is 8.91. The summed E-state index contributed by atoms with van der Waals surface area (Å²) in [5.41, 5.74) is 11.7. The molecule has 0 aliphatic heterocycles. The molecule has 38 heavy (non-hydrogen) atoms. The lowest BCUT2D eigenvalue weighted by Crippen LogP contribution is -2.58. The summed E-state index contributed by atoms with van der Waals surface area (Å²) in [5.74, 6) is -6.61. The number of carbonyl (C=O) groups excluding carboxylic acids is 4. The zero-order chi connectivity index (χ0) is 29.0. The molecule has 0 fully saturated rings. The van der Waals surface area contributed by atoms with Crippen molar-refractivity contribution in [2.45, 2.75) is 70.1 Å². The van der Waals surface area contributed by atoms with E-state index in [1.807, 2.05) is 6.92 Å². The Labute approximate surface area is 219 Å². The summed E-state index contributed by atoms with van der Waals surface area (Å²) in [7, 11) is 0. The molecule has 0 heterocycles. The van der Waals surface area contributed by atoms with Crippen molar-refractivity contribution in [2.75, 3.05) is 0 Å². The number of benzene rings is 1. The number of nitrogens with one attached hydrogen (secondary N) is 3. The standard InChI is InChI=1S/C24H35N5O9/c1-3-12(2)20(26)23(36)29-16(10-13-4-6-14(30)7-5-13)21(34)28-17(11-18(25)31)22(35)27-15(24(37)38)8-9-19(32)33/h4-7,12,15-17,20,30H,3,8-11,26H2,1-2H3,(H2,25,31)(H,27,35)(H,28,34)(H,29,36)(H,32,33)(H,37,38). The van der Waals surface area contributed by atoms with E-state index in [4.69, 9.17) is 16.6 Å². The first-order valence-electron chi connectivity index (χ1n) is 11.9. The molecule has 14 nitrogen and oxygen atoms in total. The summed E-state index contributed by atoms with van der Waals surface area (Å²) in [5, 5.41) is 34.6. The molecule has 0 radical (unpaired) electrons. The van der Waals surface area contributed by atoms with E-state index in [2.05, 4.69) is 16.0 Å². The van der Waals surface area contributed by atoms with Gasteiger partial charge in [-0.3, -0.25) is 24.0 Å². The lowest BCUT2D eigenvalue weighted by atomic mass is 9.98. The summed E-state index contributed by atoms with van der Waals surface area (Å²) in [6.45, 7) is 3.60. The van der Waals surface area contributed by atoms with Gasteiger partial charge in [-0.05, 0) is 30.0 Å². The highest BCUT2D eigenvalue weighted by Crippen LogP contribution is 2.13. The second kappa shape index (κ2) is 15.1. The van der Waals surface area contributed by atoms with Crippen LogP contribution in [0.2, 0.25) is 0 Å². The van der Waals surface area contributed by atoms with Gasteiger partial charge in [0.1, 0.15) is 23.9 Å². The van der Waals surface area contributed by atoms with Gasteiger partial charge in [-0.25, -0.2) is 4.79 Å². The molecular formula is C24H35N5O9. The molecule has 5 unspecified atom stereocenters. The number of aromatic hydroxyl groups is 1.